The van der Waals surface area contributed by atoms with E-state index in [-0.39, 0.29) is 11.8 Å². The Labute approximate surface area is 169 Å². The van der Waals surface area contributed by atoms with E-state index < -0.39 is 5.41 Å². The van der Waals surface area contributed by atoms with Crippen molar-refractivity contribution < 1.29 is 23.8 Å². The van der Waals surface area contributed by atoms with Gasteiger partial charge in [-0.3, -0.25) is 9.59 Å². The summed E-state index contributed by atoms with van der Waals surface area (Å²) in [4.78, 5) is 29.9. The molecule has 0 aliphatic carbocycles. The summed E-state index contributed by atoms with van der Waals surface area (Å²) < 4.78 is 16.0. The van der Waals surface area contributed by atoms with E-state index in [0.29, 0.717) is 42.3 Å². The largest absolute Gasteiger partial charge is 0.497 e. The van der Waals surface area contributed by atoms with E-state index >= 15 is 0 Å². The molecule has 1 saturated heterocycles. The number of nitrogens with zero attached hydrogens (tertiary/aromatic N) is 2. The van der Waals surface area contributed by atoms with Crippen molar-refractivity contribution in [1.29, 1.82) is 0 Å². The lowest BCUT2D eigenvalue weighted by Crippen LogP contribution is -2.42. The van der Waals surface area contributed by atoms with Crippen molar-refractivity contribution in [1.82, 2.24) is 4.90 Å². The average molecular weight is 396 g/mol. The molecule has 0 saturated carbocycles. The molecule has 1 atom stereocenters. The highest BCUT2D eigenvalue weighted by Crippen LogP contribution is 2.48. The number of anilines is 1. The van der Waals surface area contributed by atoms with E-state index in [1.807, 2.05) is 18.2 Å². The lowest BCUT2D eigenvalue weighted by molar-refractivity contribution is -0.122. The molecule has 1 spiro atoms. The average Bonchev–Trinajstić information content (AvgIpc) is 3.30. The Morgan fingerprint density at radius 3 is 2.38 bits per heavy atom. The fourth-order valence-corrected chi connectivity index (χ4v) is 4.39. The molecule has 7 nitrogen and oxygen atoms in total. The van der Waals surface area contributed by atoms with Crippen molar-refractivity contribution in [3.63, 3.8) is 0 Å². The monoisotopic (exact) mass is 396 g/mol. The molecule has 2 heterocycles. The number of fused-ring (bicyclic) bond motifs is 2. The number of benzene rings is 2. The molecule has 4 rings (SSSR count). The minimum absolute atomic E-state index is 0.0118. The third-order valence-electron chi connectivity index (χ3n) is 5.99. The van der Waals surface area contributed by atoms with Gasteiger partial charge in [0.15, 0.2) is 0 Å². The van der Waals surface area contributed by atoms with Gasteiger partial charge in [0.2, 0.25) is 5.91 Å². The molecule has 0 N–H and O–H groups in total. The summed E-state index contributed by atoms with van der Waals surface area (Å²) >= 11 is 0. The molecule has 2 aromatic rings. The maximum absolute atomic E-state index is 13.2. The number of rotatable bonds is 4. The smallest absolute Gasteiger partial charge is 0.257 e. The number of carbonyl (C=O) groups excluding carboxylic acids is 2. The molecule has 2 aliphatic rings. The minimum Gasteiger partial charge on any atom is -0.497 e. The first-order valence-corrected chi connectivity index (χ1v) is 9.43. The van der Waals surface area contributed by atoms with Gasteiger partial charge in [0.25, 0.3) is 5.91 Å². The number of hydrogen-bond donors (Lipinski definition) is 0. The van der Waals surface area contributed by atoms with Gasteiger partial charge < -0.3 is 24.0 Å². The number of methoxy groups -OCH3 is 3. The molecule has 1 fully saturated rings. The molecule has 0 aromatic heterocycles. The Balaban J connectivity index is 1.68. The van der Waals surface area contributed by atoms with Crippen molar-refractivity contribution in [3.05, 3.63) is 47.5 Å². The van der Waals surface area contributed by atoms with Gasteiger partial charge >= 0.3 is 0 Å². The molecule has 2 aromatic carbocycles. The Morgan fingerprint density at radius 1 is 1.00 bits per heavy atom. The molecule has 0 radical (unpaired) electrons. The van der Waals surface area contributed by atoms with Crippen molar-refractivity contribution in [3.8, 4) is 17.2 Å². The number of likely N-dealkylation sites (N-methyl/N-ethyl adjacent to an activating group) is 1. The number of ether oxygens (including phenoxy) is 3. The number of likely N-dealkylation sites (tertiary alicyclic amines) is 1. The van der Waals surface area contributed by atoms with Crippen molar-refractivity contribution in [2.24, 2.45) is 0 Å². The third kappa shape index (κ3) is 2.80. The number of carbonyl (C=O) groups is 2. The summed E-state index contributed by atoms with van der Waals surface area (Å²) in [6, 6.07) is 10.8. The van der Waals surface area contributed by atoms with Crippen LogP contribution in [0.1, 0.15) is 22.3 Å². The Morgan fingerprint density at radius 2 is 1.69 bits per heavy atom. The number of hydrogen-bond acceptors (Lipinski definition) is 5. The van der Waals surface area contributed by atoms with Gasteiger partial charge in [0.1, 0.15) is 17.2 Å². The second-order valence-electron chi connectivity index (χ2n) is 7.37. The van der Waals surface area contributed by atoms with Crippen LogP contribution in [-0.2, 0) is 10.2 Å². The molecular formula is C22H24N2O5. The van der Waals surface area contributed by atoms with Crippen LogP contribution >= 0.6 is 0 Å². The van der Waals surface area contributed by atoms with Gasteiger partial charge in [0.05, 0.1) is 32.3 Å². The Hall–Kier alpha value is -3.22. The minimum atomic E-state index is -0.742. The maximum atomic E-state index is 13.2. The molecule has 2 aliphatic heterocycles. The lowest BCUT2D eigenvalue weighted by atomic mass is 9.81. The standard InChI is InChI=1S/C22H24N2O5/c1-23-18-8-6-14(27-2)11-17(18)22(21(23)26)9-10-24(13-22)20(25)16-7-5-15(28-3)12-19(16)29-4/h5-8,11-12H,9-10,13H2,1-4H3/t22-/m1/s1. The second kappa shape index (κ2) is 6.99. The van der Waals surface area contributed by atoms with Crippen LogP contribution in [0.4, 0.5) is 5.69 Å². The summed E-state index contributed by atoms with van der Waals surface area (Å²) in [5.41, 5.74) is 1.50. The zero-order chi connectivity index (χ0) is 20.8. The molecule has 0 unspecified atom stereocenters. The van der Waals surface area contributed by atoms with E-state index in [4.69, 9.17) is 14.2 Å². The van der Waals surface area contributed by atoms with E-state index in [0.717, 1.165) is 11.3 Å². The van der Waals surface area contributed by atoms with Gasteiger partial charge in [-0.1, -0.05) is 0 Å². The quantitative estimate of drug-likeness (QED) is 0.794. The van der Waals surface area contributed by atoms with Gasteiger partial charge in [-0.05, 0) is 42.3 Å². The number of amides is 2. The van der Waals surface area contributed by atoms with Gasteiger partial charge in [0, 0.05) is 31.9 Å². The molecule has 2 amide bonds. The normalized spacial score (nSPS) is 20.2. The van der Waals surface area contributed by atoms with Crippen LogP contribution in [0, 0.1) is 0 Å². The van der Waals surface area contributed by atoms with Crippen LogP contribution in [0.5, 0.6) is 17.2 Å². The van der Waals surface area contributed by atoms with Gasteiger partial charge in [-0.2, -0.15) is 0 Å². The Kier molecular flexibility index (Phi) is 4.61. The summed E-state index contributed by atoms with van der Waals surface area (Å²) in [6.07, 6.45) is 0.570. The highest BCUT2D eigenvalue weighted by molar-refractivity contribution is 6.09. The second-order valence-corrected chi connectivity index (χ2v) is 7.37. The molecule has 29 heavy (non-hydrogen) atoms. The SMILES string of the molecule is COc1ccc(C(=O)N2CC[C@]3(C2)C(=O)N(C)c2ccc(OC)cc23)c(OC)c1. The van der Waals surface area contributed by atoms with E-state index in [1.54, 1.807) is 49.3 Å². The van der Waals surface area contributed by atoms with Gasteiger partial charge in [-0.15, -0.1) is 0 Å². The van der Waals surface area contributed by atoms with Crippen LogP contribution < -0.4 is 19.1 Å². The van der Waals surface area contributed by atoms with E-state index in [2.05, 4.69) is 0 Å². The predicted molar refractivity (Wildman–Crippen MR) is 108 cm³/mol. The van der Waals surface area contributed by atoms with Crippen molar-refractivity contribution in [2.75, 3.05) is 46.4 Å². The predicted octanol–water partition coefficient (Wildman–Crippen LogP) is 2.47. The molecule has 7 heteroatoms. The first kappa shape index (κ1) is 19.1. The van der Waals surface area contributed by atoms with Crippen LogP contribution in [0.2, 0.25) is 0 Å². The highest BCUT2D eigenvalue weighted by Gasteiger charge is 2.54. The zero-order valence-corrected chi connectivity index (χ0v) is 17.0. The van der Waals surface area contributed by atoms with Gasteiger partial charge in [-0.25, -0.2) is 0 Å². The molecule has 152 valence electrons. The Bertz CT molecular complexity index is 989. The van der Waals surface area contributed by atoms with Crippen LogP contribution in [-0.4, -0.2) is 58.2 Å². The zero-order valence-electron chi connectivity index (χ0n) is 17.0. The van der Waals surface area contributed by atoms with Crippen molar-refractivity contribution >= 4 is 17.5 Å². The fourth-order valence-electron chi connectivity index (χ4n) is 4.39. The van der Waals surface area contributed by atoms with Crippen LogP contribution in [0.15, 0.2) is 36.4 Å². The van der Waals surface area contributed by atoms with E-state index in [9.17, 15) is 9.59 Å². The summed E-state index contributed by atoms with van der Waals surface area (Å²) in [7, 11) is 6.47. The maximum Gasteiger partial charge on any atom is 0.257 e. The fraction of sp³-hybridized carbons (Fsp3) is 0.364. The summed E-state index contributed by atoms with van der Waals surface area (Å²) in [5, 5.41) is 0. The molecule has 0 bridgehead atoms. The first-order chi connectivity index (χ1) is 13.9. The topological polar surface area (TPSA) is 68.3 Å². The first-order valence-electron chi connectivity index (χ1n) is 9.43. The highest BCUT2D eigenvalue weighted by atomic mass is 16.5. The van der Waals surface area contributed by atoms with Crippen LogP contribution in [0.3, 0.4) is 0 Å². The van der Waals surface area contributed by atoms with Crippen molar-refractivity contribution in [2.45, 2.75) is 11.8 Å². The third-order valence-corrected chi connectivity index (χ3v) is 5.99. The molecular weight excluding hydrogens is 372 g/mol. The van der Waals surface area contributed by atoms with E-state index in [1.165, 1.54) is 7.11 Å². The summed E-state index contributed by atoms with van der Waals surface area (Å²) in [6.45, 7) is 0.814. The summed E-state index contributed by atoms with van der Waals surface area (Å²) in [5.74, 6) is 1.62. The van der Waals surface area contributed by atoms with Crippen LogP contribution in [0.25, 0.3) is 0 Å². The lowest BCUT2D eigenvalue weighted by Gasteiger charge is -2.24.